The van der Waals surface area contributed by atoms with Gasteiger partial charge in [0.15, 0.2) is 5.65 Å². The van der Waals surface area contributed by atoms with Crippen LogP contribution in [0.25, 0.3) is 11.0 Å². The zero-order valence-corrected chi connectivity index (χ0v) is 14.8. The molecule has 1 saturated heterocycles. The van der Waals surface area contributed by atoms with Gasteiger partial charge >= 0.3 is 0 Å². The molecule has 1 aliphatic heterocycles. The van der Waals surface area contributed by atoms with Crippen LogP contribution in [0.5, 0.6) is 0 Å². The summed E-state index contributed by atoms with van der Waals surface area (Å²) < 4.78 is 1.80. The number of nitrogens with zero attached hydrogens (tertiary/aromatic N) is 5. The van der Waals surface area contributed by atoms with E-state index < -0.39 is 5.60 Å². The van der Waals surface area contributed by atoms with Gasteiger partial charge in [0.25, 0.3) is 0 Å². The number of piperidine rings is 1. The minimum absolute atomic E-state index is 0.135. The van der Waals surface area contributed by atoms with Gasteiger partial charge in [-0.15, -0.1) is 0 Å². The highest BCUT2D eigenvalue weighted by atomic mass is 16.3. The highest BCUT2D eigenvalue weighted by molar-refractivity contribution is 5.87. The fourth-order valence-electron chi connectivity index (χ4n) is 3.17. The number of fused-ring (bicyclic) bond motifs is 1. The Bertz CT molecular complexity index is 718. The molecular formula is C17H27N5O. The topological polar surface area (TPSA) is 67.1 Å². The van der Waals surface area contributed by atoms with Crippen molar-refractivity contribution in [2.75, 3.05) is 18.0 Å². The summed E-state index contributed by atoms with van der Waals surface area (Å²) in [6.07, 6.45) is 4.42. The molecule has 1 N–H and O–H groups in total. The number of rotatable bonds is 2. The molecule has 23 heavy (non-hydrogen) atoms. The van der Waals surface area contributed by atoms with Crippen molar-refractivity contribution < 1.29 is 5.11 Å². The highest BCUT2D eigenvalue weighted by Crippen LogP contribution is 2.32. The monoisotopic (exact) mass is 317 g/mol. The summed E-state index contributed by atoms with van der Waals surface area (Å²) in [4.78, 5) is 11.8. The van der Waals surface area contributed by atoms with E-state index >= 15 is 0 Å². The number of hydrogen-bond acceptors (Lipinski definition) is 5. The van der Waals surface area contributed by atoms with Crippen molar-refractivity contribution in [2.24, 2.45) is 7.05 Å². The smallest absolute Gasteiger partial charge is 0.163 e. The summed E-state index contributed by atoms with van der Waals surface area (Å²) >= 11 is 0. The van der Waals surface area contributed by atoms with Gasteiger partial charge in [0.1, 0.15) is 11.6 Å². The van der Waals surface area contributed by atoms with Crippen molar-refractivity contribution in [3.8, 4) is 0 Å². The first-order chi connectivity index (χ1) is 10.7. The molecule has 0 saturated carbocycles. The molecule has 126 valence electrons. The molecule has 1 aliphatic rings. The van der Waals surface area contributed by atoms with Gasteiger partial charge in [-0.05, 0) is 19.3 Å². The molecule has 6 nitrogen and oxygen atoms in total. The van der Waals surface area contributed by atoms with Gasteiger partial charge in [-0.25, -0.2) is 9.97 Å². The van der Waals surface area contributed by atoms with Crippen molar-refractivity contribution in [2.45, 2.75) is 58.0 Å². The second-order valence-corrected chi connectivity index (χ2v) is 7.73. The maximum Gasteiger partial charge on any atom is 0.163 e. The van der Waals surface area contributed by atoms with E-state index in [9.17, 15) is 5.11 Å². The standard InChI is InChI=1S/C17H27N5O/c1-6-17(23)8-7-9-22(11-17)14-12-10-18-21(5)13(12)19-15(20-14)16(2,3)4/h10,23H,6-9,11H2,1-5H3/t17-/m1/s1. The molecule has 6 heteroatoms. The van der Waals surface area contributed by atoms with E-state index in [1.807, 2.05) is 20.2 Å². The fraction of sp³-hybridized carbons (Fsp3) is 0.706. The van der Waals surface area contributed by atoms with Gasteiger partial charge in [-0.2, -0.15) is 5.10 Å². The Morgan fingerprint density at radius 1 is 1.30 bits per heavy atom. The van der Waals surface area contributed by atoms with E-state index in [0.717, 1.165) is 48.5 Å². The SMILES string of the molecule is CC[C@@]1(O)CCCN(c2nc(C(C)(C)C)nc3c2cnn3C)C1. The first kappa shape index (κ1) is 16.2. The van der Waals surface area contributed by atoms with Crippen LogP contribution < -0.4 is 4.90 Å². The normalized spacial score (nSPS) is 22.8. The Labute approximate surface area is 137 Å². The molecule has 1 fully saturated rings. The van der Waals surface area contributed by atoms with Crippen LogP contribution in [0.15, 0.2) is 6.20 Å². The summed E-state index contributed by atoms with van der Waals surface area (Å²) in [5, 5.41) is 16.0. The molecule has 3 heterocycles. The number of β-amino-alcohol motifs (C(OH)–C–C–N with tert-alkyl or cyclic N) is 1. The molecule has 0 aromatic carbocycles. The van der Waals surface area contributed by atoms with E-state index in [4.69, 9.17) is 9.97 Å². The van der Waals surface area contributed by atoms with Crippen molar-refractivity contribution in [1.29, 1.82) is 0 Å². The molecule has 0 bridgehead atoms. The molecule has 0 radical (unpaired) electrons. The zero-order valence-electron chi connectivity index (χ0n) is 14.8. The maximum absolute atomic E-state index is 10.7. The highest BCUT2D eigenvalue weighted by Gasteiger charge is 2.33. The van der Waals surface area contributed by atoms with E-state index in [-0.39, 0.29) is 5.41 Å². The van der Waals surface area contributed by atoms with Crippen LogP contribution in [0.3, 0.4) is 0 Å². The third kappa shape index (κ3) is 2.92. The summed E-state index contributed by atoms with van der Waals surface area (Å²) in [5.74, 6) is 1.72. The Morgan fingerprint density at radius 2 is 2.04 bits per heavy atom. The molecule has 2 aromatic heterocycles. The molecule has 0 unspecified atom stereocenters. The van der Waals surface area contributed by atoms with Crippen LogP contribution in [0.4, 0.5) is 5.82 Å². The summed E-state index contributed by atoms with van der Waals surface area (Å²) in [5.41, 5.74) is 0.0921. The zero-order chi connectivity index (χ0) is 16.8. The number of anilines is 1. The van der Waals surface area contributed by atoms with E-state index in [1.54, 1.807) is 4.68 Å². The Balaban J connectivity index is 2.12. The summed E-state index contributed by atoms with van der Waals surface area (Å²) in [6, 6.07) is 0. The molecule has 0 aliphatic carbocycles. The maximum atomic E-state index is 10.7. The van der Waals surface area contributed by atoms with Gasteiger partial charge in [0.2, 0.25) is 0 Å². The van der Waals surface area contributed by atoms with Gasteiger partial charge in [0.05, 0.1) is 17.2 Å². The molecular weight excluding hydrogens is 290 g/mol. The number of aromatic nitrogens is 4. The van der Waals surface area contributed by atoms with Crippen molar-refractivity contribution in [3.05, 3.63) is 12.0 Å². The van der Waals surface area contributed by atoms with Gasteiger partial charge in [-0.1, -0.05) is 27.7 Å². The number of aryl methyl sites for hydroxylation is 1. The van der Waals surface area contributed by atoms with Crippen molar-refractivity contribution in [3.63, 3.8) is 0 Å². The Hall–Kier alpha value is -1.69. The summed E-state index contributed by atoms with van der Waals surface area (Å²) in [7, 11) is 1.91. The number of hydrogen-bond donors (Lipinski definition) is 1. The van der Waals surface area contributed by atoms with Crippen LogP contribution in [-0.2, 0) is 12.5 Å². The predicted molar refractivity (Wildman–Crippen MR) is 91.7 cm³/mol. The van der Waals surface area contributed by atoms with Crippen LogP contribution in [-0.4, -0.2) is 43.5 Å². The summed E-state index contributed by atoms with van der Waals surface area (Å²) in [6.45, 7) is 9.93. The minimum atomic E-state index is -0.625. The Morgan fingerprint density at radius 3 is 2.70 bits per heavy atom. The lowest BCUT2D eigenvalue weighted by Crippen LogP contribution is -2.48. The second kappa shape index (κ2) is 5.44. The molecule has 0 spiro atoms. The second-order valence-electron chi connectivity index (χ2n) is 7.73. The van der Waals surface area contributed by atoms with Crippen LogP contribution >= 0.6 is 0 Å². The van der Waals surface area contributed by atoms with Crippen molar-refractivity contribution >= 4 is 16.9 Å². The van der Waals surface area contributed by atoms with E-state index in [0.29, 0.717) is 6.54 Å². The first-order valence-corrected chi connectivity index (χ1v) is 8.41. The Kier molecular flexibility index (Phi) is 3.83. The lowest BCUT2D eigenvalue weighted by Gasteiger charge is -2.39. The molecule has 2 aromatic rings. The fourth-order valence-corrected chi connectivity index (χ4v) is 3.17. The average Bonchev–Trinajstić information content (AvgIpc) is 2.87. The number of aliphatic hydroxyl groups is 1. The van der Waals surface area contributed by atoms with Gasteiger partial charge in [0, 0.05) is 25.6 Å². The first-order valence-electron chi connectivity index (χ1n) is 8.41. The molecule has 3 rings (SSSR count). The van der Waals surface area contributed by atoms with Crippen molar-refractivity contribution in [1.82, 2.24) is 19.7 Å². The lowest BCUT2D eigenvalue weighted by atomic mass is 9.90. The average molecular weight is 317 g/mol. The molecule has 0 amide bonds. The van der Waals surface area contributed by atoms with Crippen LogP contribution in [0.1, 0.15) is 52.8 Å². The minimum Gasteiger partial charge on any atom is -0.388 e. The van der Waals surface area contributed by atoms with Crippen LogP contribution in [0.2, 0.25) is 0 Å². The molecule has 1 atom stereocenters. The lowest BCUT2D eigenvalue weighted by molar-refractivity contribution is 0.0222. The third-order valence-electron chi connectivity index (χ3n) is 4.76. The van der Waals surface area contributed by atoms with E-state index in [1.165, 1.54) is 0 Å². The van der Waals surface area contributed by atoms with Gasteiger partial charge < -0.3 is 10.0 Å². The largest absolute Gasteiger partial charge is 0.388 e. The third-order valence-corrected chi connectivity index (χ3v) is 4.76. The van der Waals surface area contributed by atoms with E-state index in [2.05, 4.69) is 30.8 Å². The predicted octanol–water partition coefficient (Wildman–Crippen LogP) is 2.40. The van der Waals surface area contributed by atoms with Gasteiger partial charge in [-0.3, -0.25) is 4.68 Å². The quantitative estimate of drug-likeness (QED) is 0.921. The van der Waals surface area contributed by atoms with Crippen LogP contribution in [0, 0.1) is 0 Å².